The van der Waals surface area contributed by atoms with Gasteiger partial charge in [-0.3, -0.25) is 10.4 Å². The number of hydrazine groups is 1. The van der Waals surface area contributed by atoms with Gasteiger partial charge in [0.1, 0.15) is 0 Å². The van der Waals surface area contributed by atoms with E-state index in [1.165, 1.54) is 0 Å². The molecule has 4 N–H and O–H groups in total. The predicted octanol–water partition coefficient (Wildman–Crippen LogP) is 1.01. The minimum atomic E-state index is 0.0481. The number of nitrogens with zero attached hydrogens (tertiary/aromatic N) is 1. The van der Waals surface area contributed by atoms with Crippen LogP contribution in [0.15, 0.2) is 4.99 Å². The quantitative estimate of drug-likeness (QED) is 0.201. The second-order valence-electron chi connectivity index (χ2n) is 4.11. The molecule has 96 valence electrons. The fraction of sp³-hybridized carbons (Fsp3) is 0.909. The van der Waals surface area contributed by atoms with Crippen molar-refractivity contribution < 1.29 is 4.74 Å². The van der Waals surface area contributed by atoms with Gasteiger partial charge in [-0.15, -0.1) is 0 Å². The van der Waals surface area contributed by atoms with E-state index in [2.05, 4.69) is 36.5 Å². The molecule has 0 bridgehead atoms. The molecule has 5 heteroatoms. The van der Waals surface area contributed by atoms with Crippen molar-refractivity contribution in [2.45, 2.75) is 45.6 Å². The summed E-state index contributed by atoms with van der Waals surface area (Å²) in [6.07, 6.45) is 2.96. The molecule has 0 aromatic heterocycles. The number of nitrogens with two attached hydrogens (primary N) is 1. The fourth-order valence-electron chi connectivity index (χ4n) is 1.23. The van der Waals surface area contributed by atoms with Crippen molar-refractivity contribution in [2.24, 2.45) is 10.8 Å². The van der Waals surface area contributed by atoms with Gasteiger partial charge < -0.3 is 10.1 Å². The van der Waals surface area contributed by atoms with Crippen LogP contribution in [0.25, 0.3) is 0 Å². The molecule has 0 fully saturated rings. The first-order chi connectivity index (χ1) is 7.61. The van der Waals surface area contributed by atoms with Crippen molar-refractivity contribution in [3.05, 3.63) is 0 Å². The van der Waals surface area contributed by atoms with Gasteiger partial charge in [0, 0.05) is 25.8 Å². The topological polar surface area (TPSA) is 71.7 Å². The van der Waals surface area contributed by atoms with Gasteiger partial charge in [-0.2, -0.15) is 0 Å². The average Bonchev–Trinajstić information content (AvgIpc) is 2.32. The lowest BCUT2D eigenvalue weighted by molar-refractivity contribution is 0.197. The molecule has 0 aliphatic heterocycles. The number of hydrogen-bond acceptors (Lipinski definition) is 3. The van der Waals surface area contributed by atoms with E-state index in [0.29, 0.717) is 12.5 Å². The molecule has 16 heavy (non-hydrogen) atoms. The zero-order chi connectivity index (χ0) is 12.4. The lowest BCUT2D eigenvalue weighted by Gasteiger charge is -2.29. The number of nitrogens with one attached hydrogen (secondary N) is 2. The SMILES string of the molecule is CCC(C)(CC)NC(=NCCCOC)NN. The standard InChI is InChI=1S/C11H26N4O/c1-5-11(3,6-2)14-10(15-12)13-8-7-9-16-4/h5-9,12H2,1-4H3,(H2,13,14,15). The third-order valence-corrected chi connectivity index (χ3v) is 2.89. The summed E-state index contributed by atoms with van der Waals surface area (Å²) >= 11 is 0. The van der Waals surface area contributed by atoms with Gasteiger partial charge in [-0.25, -0.2) is 5.84 Å². The van der Waals surface area contributed by atoms with Crippen LogP contribution in [0.5, 0.6) is 0 Å². The van der Waals surface area contributed by atoms with Crippen LogP contribution in [0.1, 0.15) is 40.0 Å². The molecule has 0 radical (unpaired) electrons. The zero-order valence-corrected chi connectivity index (χ0v) is 11.0. The minimum absolute atomic E-state index is 0.0481. The van der Waals surface area contributed by atoms with Crippen LogP contribution in [0.2, 0.25) is 0 Å². The van der Waals surface area contributed by atoms with Crippen LogP contribution < -0.4 is 16.6 Å². The highest BCUT2D eigenvalue weighted by atomic mass is 16.5. The third-order valence-electron chi connectivity index (χ3n) is 2.89. The highest BCUT2D eigenvalue weighted by molar-refractivity contribution is 5.79. The number of methoxy groups -OCH3 is 1. The van der Waals surface area contributed by atoms with Crippen molar-refractivity contribution in [1.82, 2.24) is 10.7 Å². The van der Waals surface area contributed by atoms with Crippen molar-refractivity contribution in [3.63, 3.8) is 0 Å². The Morgan fingerprint density at radius 3 is 2.44 bits per heavy atom. The molecule has 0 heterocycles. The Labute approximate surface area is 98.8 Å². The Hall–Kier alpha value is -0.810. The minimum Gasteiger partial charge on any atom is -0.385 e. The summed E-state index contributed by atoms with van der Waals surface area (Å²) < 4.78 is 4.96. The molecule has 0 aromatic carbocycles. The first-order valence-electron chi connectivity index (χ1n) is 5.90. The van der Waals surface area contributed by atoms with Crippen LogP contribution in [0.4, 0.5) is 0 Å². The normalized spacial score (nSPS) is 12.7. The number of guanidine groups is 1. The molecule has 0 unspecified atom stereocenters. The Bertz CT molecular complexity index is 202. The van der Waals surface area contributed by atoms with Crippen molar-refractivity contribution in [3.8, 4) is 0 Å². The van der Waals surface area contributed by atoms with E-state index in [1.54, 1.807) is 7.11 Å². The smallest absolute Gasteiger partial charge is 0.206 e. The molecule has 5 nitrogen and oxygen atoms in total. The van der Waals surface area contributed by atoms with E-state index in [-0.39, 0.29) is 5.54 Å². The predicted molar refractivity (Wildman–Crippen MR) is 68.2 cm³/mol. The van der Waals surface area contributed by atoms with Gasteiger partial charge in [0.15, 0.2) is 0 Å². The summed E-state index contributed by atoms with van der Waals surface area (Å²) in [6.45, 7) is 7.89. The van der Waals surface area contributed by atoms with Crippen LogP contribution >= 0.6 is 0 Å². The fourth-order valence-corrected chi connectivity index (χ4v) is 1.23. The summed E-state index contributed by atoms with van der Waals surface area (Å²) in [7, 11) is 1.69. The van der Waals surface area contributed by atoms with Crippen LogP contribution in [0, 0.1) is 0 Å². The maximum Gasteiger partial charge on any atom is 0.206 e. The Kier molecular flexibility index (Phi) is 7.93. The Morgan fingerprint density at radius 2 is 2.00 bits per heavy atom. The second-order valence-corrected chi connectivity index (χ2v) is 4.11. The molecular formula is C11H26N4O. The van der Waals surface area contributed by atoms with E-state index in [9.17, 15) is 0 Å². The van der Waals surface area contributed by atoms with Crippen LogP contribution in [-0.2, 0) is 4.74 Å². The Balaban J connectivity index is 4.16. The van der Waals surface area contributed by atoms with Gasteiger partial charge >= 0.3 is 0 Å². The second kappa shape index (κ2) is 8.35. The highest BCUT2D eigenvalue weighted by Gasteiger charge is 2.20. The molecule has 0 saturated carbocycles. The molecular weight excluding hydrogens is 204 g/mol. The van der Waals surface area contributed by atoms with Gasteiger partial charge in [0.25, 0.3) is 0 Å². The maximum absolute atomic E-state index is 5.43. The van der Waals surface area contributed by atoms with Crippen LogP contribution in [0.3, 0.4) is 0 Å². The lowest BCUT2D eigenvalue weighted by atomic mass is 9.96. The summed E-state index contributed by atoms with van der Waals surface area (Å²) in [5.74, 6) is 6.08. The summed E-state index contributed by atoms with van der Waals surface area (Å²) in [5, 5.41) is 3.33. The first-order valence-corrected chi connectivity index (χ1v) is 5.90. The van der Waals surface area contributed by atoms with E-state index in [4.69, 9.17) is 10.6 Å². The van der Waals surface area contributed by atoms with Gasteiger partial charge in [0.05, 0.1) is 0 Å². The van der Waals surface area contributed by atoms with Crippen LogP contribution in [-0.4, -0.2) is 31.8 Å². The third kappa shape index (κ3) is 5.92. The molecule has 0 saturated heterocycles. The number of aliphatic imine (C=N–C) groups is 1. The monoisotopic (exact) mass is 230 g/mol. The van der Waals surface area contributed by atoms with Crippen molar-refractivity contribution in [2.75, 3.05) is 20.3 Å². The molecule has 0 atom stereocenters. The zero-order valence-electron chi connectivity index (χ0n) is 11.0. The molecule has 0 spiro atoms. The van der Waals surface area contributed by atoms with E-state index < -0.39 is 0 Å². The molecule has 0 aromatic rings. The van der Waals surface area contributed by atoms with Gasteiger partial charge in [0.2, 0.25) is 5.96 Å². The number of rotatable bonds is 7. The molecule has 0 aliphatic carbocycles. The lowest BCUT2D eigenvalue weighted by Crippen LogP contribution is -2.52. The van der Waals surface area contributed by atoms with E-state index >= 15 is 0 Å². The average molecular weight is 230 g/mol. The number of ether oxygens (including phenoxy) is 1. The summed E-state index contributed by atoms with van der Waals surface area (Å²) in [5.41, 5.74) is 2.65. The van der Waals surface area contributed by atoms with Crippen molar-refractivity contribution >= 4 is 5.96 Å². The molecule has 0 rings (SSSR count). The molecule has 0 amide bonds. The summed E-state index contributed by atoms with van der Waals surface area (Å²) in [6, 6.07) is 0. The largest absolute Gasteiger partial charge is 0.385 e. The Morgan fingerprint density at radius 1 is 1.38 bits per heavy atom. The number of hydrogen-bond donors (Lipinski definition) is 3. The molecule has 0 aliphatic rings. The van der Waals surface area contributed by atoms with Gasteiger partial charge in [-0.1, -0.05) is 13.8 Å². The van der Waals surface area contributed by atoms with Gasteiger partial charge in [-0.05, 0) is 26.2 Å². The maximum atomic E-state index is 5.43. The van der Waals surface area contributed by atoms with E-state index in [1.807, 2.05) is 0 Å². The van der Waals surface area contributed by atoms with E-state index in [0.717, 1.165) is 25.9 Å². The first kappa shape index (κ1) is 15.2. The van der Waals surface area contributed by atoms with Crippen molar-refractivity contribution in [1.29, 1.82) is 0 Å². The summed E-state index contributed by atoms with van der Waals surface area (Å²) in [4.78, 5) is 4.35. The highest BCUT2D eigenvalue weighted by Crippen LogP contribution is 2.12.